The molecule has 74 valence electrons. The van der Waals surface area contributed by atoms with Crippen LogP contribution in [0.15, 0.2) is 9.95 Å². The Labute approximate surface area is 80.7 Å². The summed E-state index contributed by atoms with van der Waals surface area (Å²) in [4.78, 5) is 11.0. The predicted octanol–water partition coefficient (Wildman–Crippen LogP) is -0.0622. The van der Waals surface area contributed by atoms with Crippen molar-refractivity contribution >= 4 is 11.8 Å². The highest BCUT2D eigenvalue weighted by molar-refractivity contribution is 7.99. The van der Waals surface area contributed by atoms with E-state index in [2.05, 4.69) is 10.2 Å². The molecule has 0 spiro atoms. The van der Waals surface area contributed by atoms with Gasteiger partial charge in [0.25, 0.3) is 0 Å². The zero-order chi connectivity index (χ0) is 9.84. The molecule has 0 aliphatic carbocycles. The highest BCUT2D eigenvalue weighted by atomic mass is 32.2. The van der Waals surface area contributed by atoms with Gasteiger partial charge in [-0.05, 0) is 6.42 Å². The summed E-state index contributed by atoms with van der Waals surface area (Å²) in [5.74, 6) is 0.786. The molecule has 13 heavy (non-hydrogen) atoms. The molecule has 0 amide bonds. The van der Waals surface area contributed by atoms with E-state index < -0.39 is 0 Å². The Balaban J connectivity index is 2.55. The van der Waals surface area contributed by atoms with Gasteiger partial charge in [0.15, 0.2) is 5.16 Å². The molecule has 3 N–H and O–H groups in total. The summed E-state index contributed by atoms with van der Waals surface area (Å²) in [5, 5.41) is 6.92. The van der Waals surface area contributed by atoms with Gasteiger partial charge in [0.1, 0.15) is 0 Å². The van der Waals surface area contributed by atoms with Crippen molar-refractivity contribution in [3.63, 3.8) is 0 Å². The summed E-state index contributed by atoms with van der Waals surface area (Å²) in [6, 6.07) is 0.164. The second-order valence-electron chi connectivity index (χ2n) is 2.85. The van der Waals surface area contributed by atoms with Crippen molar-refractivity contribution in [2.75, 3.05) is 5.75 Å². The smallest absolute Gasteiger partial charge is 0.327 e. The molecular formula is C7H14N4OS. The van der Waals surface area contributed by atoms with E-state index in [-0.39, 0.29) is 11.7 Å². The summed E-state index contributed by atoms with van der Waals surface area (Å²) >= 11 is 1.50. The first-order valence-corrected chi connectivity index (χ1v) is 5.13. The van der Waals surface area contributed by atoms with Crippen LogP contribution in [-0.2, 0) is 7.05 Å². The number of rotatable bonds is 4. The van der Waals surface area contributed by atoms with E-state index >= 15 is 0 Å². The zero-order valence-electron chi connectivity index (χ0n) is 7.78. The summed E-state index contributed by atoms with van der Waals surface area (Å²) in [6.45, 7) is 2.04. The van der Waals surface area contributed by atoms with Crippen LogP contribution in [0.5, 0.6) is 0 Å². The lowest BCUT2D eigenvalue weighted by Crippen LogP contribution is -2.21. The molecule has 6 heteroatoms. The zero-order valence-corrected chi connectivity index (χ0v) is 8.60. The molecule has 0 fully saturated rings. The SMILES string of the molecule is CCC(N)CSc1n[nH]c(=O)n1C. The number of nitrogens with zero attached hydrogens (tertiary/aromatic N) is 2. The molecular weight excluding hydrogens is 188 g/mol. The van der Waals surface area contributed by atoms with Crippen LogP contribution in [0.2, 0.25) is 0 Å². The summed E-state index contributed by atoms with van der Waals surface area (Å²) in [7, 11) is 1.69. The van der Waals surface area contributed by atoms with Gasteiger partial charge >= 0.3 is 5.69 Å². The van der Waals surface area contributed by atoms with Crippen molar-refractivity contribution in [1.82, 2.24) is 14.8 Å². The third kappa shape index (κ3) is 2.60. The van der Waals surface area contributed by atoms with E-state index in [0.29, 0.717) is 5.16 Å². The largest absolute Gasteiger partial charge is 0.343 e. The highest BCUT2D eigenvalue weighted by Crippen LogP contribution is 2.13. The molecule has 0 aliphatic rings. The Kier molecular flexibility index (Phi) is 3.56. The Morgan fingerprint density at radius 1 is 1.77 bits per heavy atom. The molecule has 1 unspecified atom stereocenters. The van der Waals surface area contributed by atoms with Crippen LogP contribution in [-0.4, -0.2) is 26.6 Å². The fraction of sp³-hybridized carbons (Fsp3) is 0.714. The first kappa shape index (κ1) is 10.3. The number of nitrogens with one attached hydrogen (secondary N) is 1. The van der Waals surface area contributed by atoms with E-state index in [1.54, 1.807) is 7.05 Å². The third-order valence-electron chi connectivity index (χ3n) is 1.79. The molecule has 0 bridgehead atoms. The molecule has 1 rings (SSSR count). The Morgan fingerprint density at radius 3 is 2.92 bits per heavy atom. The monoisotopic (exact) mass is 202 g/mol. The second kappa shape index (κ2) is 4.48. The van der Waals surface area contributed by atoms with E-state index in [9.17, 15) is 4.79 Å². The molecule has 0 aliphatic heterocycles. The molecule has 0 radical (unpaired) electrons. The average molecular weight is 202 g/mol. The lowest BCUT2D eigenvalue weighted by molar-refractivity contribution is 0.717. The number of hydrogen-bond acceptors (Lipinski definition) is 4. The minimum atomic E-state index is -0.187. The van der Waals surface area contributed by atoms with Gasteiger partial charge in [-0.2, -0.15) is 0 Å². The maximum Gasteiger partial charge on any atom is 0.343 e. The lowest BCUT2D eigenvalue weighted by Gasteiger charge is -2.06. The van der Waals surface area contributed by atoms with Crippen molar-refractivity contribution in [2.45, 2.75) is 24.5 Å². The molecule has 0 saturated heterocycles. The van der Waals surface area contributed by atoms with Gasteiger partial charge < -0.3 is 5.73 Å². The van der Waals surface area contributed by atoms with Crippen molar-refractivity contribution in [3.8, 4) is 0 Å². The molecule has 0 saturated carbocycles. The molecule has 1 aromatic heterocycles. The minimum Gasteiger partial charge on any atom is -0.327 e. The van der Waals surface area contributed by atoms with Crippen molar-refractivity contribution < 1.29 is 0 Å². The van der Waals surface area contributed by atoms with Crippen LogP contribution in [0.4, 0.5) is 0 Å². The first-order chi connectivity index (χ1) is 6.15. The predicted molar refractivity (Wildman–Crippen MR) is 52.8 cm³/mol. The maximum absolute atomic E-state index is 11.0. The third-order valence-corrected chi connectivity index (χ3v) is 3.01. The Morgan fingerprint density at radius 2 is 2.46 bits per heavy atom. The van der Waals surface area contributed by atoms with Gasteiger partial charge in [-0.3, -0.25) is 4.57 Å². The van der Waals surface area contributed by atoms with Crippen molar-refractivity contribution in [3.05, 3.63) is 10.5 Å². The van der Waals surface area contributed by atoms with Gasteiger partial charge in [0, 0.05) is 18.8 Å². The number of thioether (sulfide) groups is 1. The lowest BCUT2D eigenvalue weighted by atomic mass is 10.3. The second-order valence-corrected chi connectivity index (χ2v) is 3.84. The fourth-order valence-corrected chi connectivity index (χ4v) is 1.75. The van der Waals surface area contributed by atoms with Gasteiger partial charge in [0.05, 0.1) is 0 Å². The molecule has 1 atom stereocenters. The molecule has 1 aromatic rings. The van der Waals surface area contributed by atoms with E-state index in [1.165, 1.54) is 16.3 Å². The van der Waals surface area contributed by atoms with Gasteiger partial charge in [-0.1, -0.05) is 18.7 Å². The maximum atomic E-state index is 11.0. The van der Waals surface area contributed by atoms with Crippen molar-refractivity contribution in [2.24, 2.45) is 12.8 Å². The molecule has 0 aromatic carbocycles. The number of aromatic nitrogens is 3. The van der Waals surface area contributed by atoms with Crippen LogP contribution in [0.1, 0.15) is 13.3 Å². The summed E-state index contributed by atoms with van der Waals surface area (Å²) < 4.78 is 1.48. The van der Waals surface area contributed by atoms with Gasteiger partial charge in [-0.25, -0.2) is 9.89 Å². The molecule has 5 nitrogen and oxygen atoms in total. The molecule has 1 heterocycles. The van der Waals surface area contributed by atoms with Crippen LogP contribution in [0.3, 0.4) is 0 Å². The van der Waals surface area contributed by atoms with Crippen LogP contribution < -0.4 is 11.4 Å². The highest BCUT2D eigenvalue weighted by Gasteiger charge is 2.06. The quantitative estimate of drug-likeness (QED) is 0.670. The minimum absolute atomic E-state index is 0.164. The number of nitrogens with two attached hydrogens (primary N) is 1. The van der Waals surface area contributed by atoms with Crippen LogP contribution >= 0.6 is 11.8 Å². The number of H-pyrrole nitrogens is 1. The van der Waals surface area contributed by atoms with E-state index in [1.807, 2.05) is 6.92 Å². The topological polar surface area (TPSA) is 76.7 Å². The van der Waals surface area contributed by atoms with E-state index in [4.69, 9.17) is 5.73 Å². The number of aromatic amines is 1. The number of hydrogen-bond donors (Lipinski definition) is 2. The normalized spacial score (nSPS) is 13.2. The van der Waals surface area contributed by atoms with Crippen LogP contribution in [0, 0.1) is 0 Å². The first-order valence-electron chi connectivity index (χ1n) is 4.15. The Bertz CT molecular complexity index is 319. The van der Waals surface area contributed by atoms with Gasteiger partial charge in [-0.15, -0.1) is 5.10 Å². The summed E-state index contributed by atoms with van der Waals surface area (Å²) in [6.07, 6.45) is 0.936. The average Bonchev–Trinajstić information content (AvgIpc) is 2.44. The van der Waals surface area contributed by atoms with Crippen molar-refractivity contribution in [1.29, 1.82) is 0 Å². The Hall–Kier alpha value is -0.750. The van der Waals surface area contributed by atoms with Crippen LogP contribution in [0.25, 0.3) is 0 Å². The van der Waals surface area contributed by atoms with Gasteiger partial charge in [0.2, 0.25) is 0 Å². The summed E-state index contributed by atoms with van der Waals surface area (Å²) in [5.41, 5.74) is 5.54. The fourth-order valence-electron chi connectivity index (χ4n) is 0.761. The standard InChI is InChI=1S/C7H14N4OS/c1-3-5(8)4-13-7-10-9-6(12)11(7)2/h5H,3-4,8H2,1-2H3,(H,9,12). The van der Waals surface area contributed by atoms with E-state index in [0.717, 1.165) is 12.2 Å².